The van der Waals surface area contributed by atoms with Crippen LogP contribution in [0.15, 0.2) is 24.3 Å². The van der Waals surface area contributed by atoms with Crippen molar-refractivity contribution in [2.45, 2.75) is 12.8 Å². The Morgan fingerprint density at radius 1 is 1.36 bits per heavy atom. The summed E-state index contributed by atoms with van der Waals surface area (Å²) in [4.78, 5) is 2.12. The van der Waals surface area contributed by atoms with Crippen molar-refractivity contribution in [1.82, 2.24) is 0 Å². The van der Waals surface area contributed by atoms with Crippen molar-refractivity contribution in [3.63, 3.8) is 0 Å². The fourth-order valence-corrected chi connectivity index (χ4v) is 1.35. The fraction of sp³-hybridized carbons (Fsp3) is 0.364. The fourth-order valence-electron chi connectivity index (χ4n) is 1.22. The van der Waals surface area contributed by atoms with Crippen LogP contribution in [0.3, 0.4) is 0 Å². The average Bonchev–Trinajstić information content (AvgIpc) is 2.19. The summed E-state index contributed by atoms with van der Waals surface area (Å²) >= 11 is 5.78. The lowest BCUT2D eigenvalue weighted by Gasteiger charge is -2.18. The standard InChI is InChI=1S/C11H13ClN2/c1-14(9-3-2-8-13)11-6-4-10(12)5-7-11/h4-7H,2-3,9H2,1H3. The van der Waals surface area contributed by atoms with Crippen molar-refractivity contribution in [2.75, 3.05) is 18.5 Å². The topological polar surface area (TPSA) is 27.0 Å². The van der Waals surface area contributed by atoms with Crippen LogP contribution in [-0.4, -0.2) is 13.6 Å². The van der Waals surface area contributed by atoms with Crippen molar-refractivity contribution in [3.8, 4) is 6.07 Å². The van der Waals surface area contributed by atoms with E-state index in [1.165, 1.54) is 0 Å². The van der Waals surface area contributed by atoms with Gasteiger partial charge in [-0.25, -0.2) is 0 Å². The van der Waals surface area contributed by atoms with Crippen LogP contribution in [0.25, 0.3) is 0 Å². The summed E-state index contributed by atoms with van der Waals surface area (Å²) in [7, 11) is 2.01. The van der Waals surface area contributed by atoms with Crippen molar-refractivity contribution in [2.24, 2.45) is 0 Å². The largest absolute Gasteiger partial charge is 0.375 e. The summed E-state index contributed by atoms with van der Waals surface area (Å²) < 4.78 is 0. The molecule has 2 nitrogen and oxygen atoms in total. The van der Waals surface area contributed by atoms with Crippen LogP contribution >= 0.6 is 11.6 Å². The first-order valence-corrected chi connectivity index (χ1v) is 4.95. The third kappa shape index (κ3) is 3.27. The molecule has 0 saturated heterocycles. The number of hydrogen-bond acceptors (Lipinski definition) is 2. The van der Waals surface area contributed by atoms with Gasteiger partial charge in [0.25, 0.3) is 0 Å². The number of nitrogens with zero attached hydrogens (tertiary/aromatic N) is 2. The Labute approximate surface area is 89.7 Å². The van der Waals surface area contributed by atoms with Crippen LogP contribution in [0, 0.1) is 11.3 Å². The maximum atomic E-state index is 8.40. The molecule has 1 aromatic carbocycles. The second-order valence-corrected chi connectivity index (χ2v) is 3.60. The van der Waals surface area contributed by atoms with Crippen LogP contribution in [0.1, 0.15) is 12.8 Å². The molecule has 0 amide bonds. The second kappa shape index (κ2) is 5.51. The third-order valence-corrected chi connectivity index (χ3v) is 2.30. The number of anilines is 1. The van der Waals surface area contributed by atoms with Gasteiger partial charge in [-0.3, -0.25) is 0 Å². The minimum Gasteiger partial charge on any atom is -0.375 e. The Bertz CT molecular complexity index is 313. The molecule has 1 aromatic rings. The SMILES string of the molecule is CN(CCCC#N)c1ccc(Cl)cc1. The predicted molar refractivity (Wildman–Crippen MR) is 59.6 cm³/mol. The lowest BCUT2D eigenvalue weighted by Crippen LogP contribution is -2.17. The molecule has 1 rings (SSSR count). The summed E-state index contributed by atoms with van der Waals surface area (Å²) in [6, 6.07) is 9.84. The van der Waals surface area contributed by atoms with E-state index < -0.39 is 0 Å². The number of hydrogen-bond donors (Lipinski definition) is 0. The molecule has 0 spiro atoms. The molecule has 0 aliphatic heterocycles. The first-order chi connectivity index (χ1) is 6.74. The molecule has 14 heavy (non-hydrogen) atoms. The van der Waals surface area contributed by atoms with E-state index in [4.69, 9.17) is 16.9 Å². The molecule has 0 N–H and O–H groups in total. The molecule has 0 bridgehead atoms. The van der Waals surface area contributed by atoms with Crippen LogP contribution in [-0.2, 0) is 0 Å². The van der Waals surface area contributed by atoms with Gasteiger partial charge in [0.2, 0.25) is 0 Å². The number of rotatable bonds is 4. The lowest BCUT2D eigenvalue weighted by atomic mass is 10.2. The highest BCUT2D eigenvalue weighted by molar-refractivity contribution is 6.30. The monoisotopic (exact) mass is 208 g/mol. The van der Waals surface area contributed by atoms with Gasteiger partial charge in [0.05, 0.1) is 6.07 Å². The number of benzene rings is 1. The van der Waals surface area contributed by atoms with E-state index in [1.54, 1.807) is 0 Å². The number of nitriles is 1. The Kier molecular flexibility index (Phi) is 4.28. The van der Waals surface area contributed by atoms with Crippen molar-refractivity contribution in [3.05, 3.63) is 29.3 Å². The van der Waals surface area contributed by atoms with E-state index in [9.17, 15) is 0 Å². The molecule has 0 atom stereocenters. The zero-order chi connectivity index (χ0) is 10.4. The highest BCUT2D eigenvalue weighted by atomic mass is 35.5. The Hall–Kier alpha value is -1.20. The average molecular weight is 209 g/mol. The third-order valence-electron chi connectivity index (χ3n) is 2.05. The first kappa shape index (κ1) is 10.9. The summed E-state index contributed by atoms with van der Waals surface area (Å²) in [6.45, 7) is 0.898. The minimum absolute atomic E-state index is 0.609. The minimum atomic E-state index is 0.609. The molecule has 0 fully saturated rings. The summed E-state index contributed by atoms with van der Waals surface area (Å²) in [5.41, 5.74) is 1.13. The Balaban J connectivity index is 2.48. The molecule has 0 aliphatic rings. The molecular formula is C11H13ClN2. The van der Waals surface area contributed by atoms with Crippen molar-refractivity contribution in [1.29, 1.82) is 5.26 Å². The number of halogens is 1. The van der Waals surface area contributed by atoms with Crippen LogP contribution in [0.4, 0.5) is 5.69 Å². The van der Waals surface area contributed by atoms with E-state index in [2.05, 4.69) is 11.0 Å². The van der Waals surface area contributed by atoms with Gasteiger partial charge in [0.1, 0.15) is 0 Å². The molecule has 0 aromatic heterocycles. The number of unbranched alkanes of at least 4 members (excludes halogenated alkanes) is 1. The molecule has 0 saturated carbocycles. The highest BCUT2D eigenvalue weighted by Gasteiger charge is 1.99. The zero-order valence-electron chi connectivity index (χ0n) is 8.20. The lowest BCUT2D eigenvalue weighted by molar-refractivity contribution is 0.807. The molecule has 3 heteroatoms. The van der Waals surface area contributed by atoms with E-state index in [1.807, 2.05) is 31.3 Å². The zero-order valence-corrected chi connectivity index (χ0v) is 8.96. The smallest absolute Gasteiger partial charge is 0.0622 e. The Morgan fingerprint density at radius 3 is 2.57 bits per heavy atom. The maximum absolute atomic E-state index is 8.40. The molecule has 0 radical (unpaired) electrons. The van der Waals surface area contributed by atoms with E-state index in [-0.39, 0.29) is 0 Å². The van der Waals surface area contributed by atoms with Gasteiger partial charge < -0.3 is 4.90 Å². The van der Waals surface area contributed by atoms with E-state index in [0.29, 0.717) is 6.42 Å². The van der Waals surface area contributed by atoms with E-state index in [0.717, 1.165) is 23.7 Å². The maximum Gasteiger partial charge on any atom is 0.0622 e. The summed E-state index contributed by atoms with van der Waals surface area (Å²) in [5.74, 6) is 0. The summed E-state index contributed by atoms with van der Waals surface area (Å²) in [6.07, 6.45) is 1.51. The quantitative estimate of drug-likeness (QED) is 0.712. The Morgan fingerprint density at radius 2 is 2.00 bits per heavy atom. The molecular weight excluding hydrogens is 196 g/mol. The molecule has 0 unspecified atom stereocenters. The summed E-state index contributed by atoms with van der Waals surface area (Å²) in [5, 5.41) is 9.15. The van der Waals surface area contributed by atoms with Crippen LogP contribution in [0.5, 0.6) is 0 Å². The van der Waals surface area contributed by atoms with Gasteiger partial charge >= 0.3 is 0 Å². The van der Waals surface area contributed by atoms with Gasteiger partial charge in [0.15, 0.2) is 0 Å². The van der Waals surface area contributed by atoms with Crippen LogP contribution < -0.4 is 4.90 Å². The van der Waals surface area contributed by atoms with Crippen molar-refractivity contribution >= 4 is 17.3 Å². The van der Waals surface area contributed by atoms with Gasteiger partial charge in [-0.1, -0.05) is 11.6 Å². The van der Waals surface area contributed by atoms with Gasteiger partial charge in [-0.2, -0.15) is 5.26 Å². The first-order valence-electron chi connectivity index (χ1n) is 4.57. The molecule has 0 aliphatic carbocycles. The second-order valence-electron chi connectivity index (χ2n) is 3.16. The molecule has 74 valence electrons. The predicted octanol–water partition coefficient (Wildman–Crippen LogP) is 3.08. The molecule has 0 heterocycles. The van der Waals surface area contributed by atoms with Crippen LogP contribution in [0.2, 0.25) is 5.02 Å². The van der Waals surface area contributed by atoms with Crippen molar-refractivity contribution < 1.29 is 0 Å². The van der Waals surface area contributed by atoms with E-state index >= 15 is 0 Å². The highest BCUT2D eigenvalue weighted by Crippen LogP contribution is 2.16. The van der Waals surface area contributed by atoms with Gasteiger partial charge in [-0.05, 0) is 30.7 Å². The van der Waals surface area contributed by atoms with Gasteiger partial charge in [-0.15, -0.1) is 0 Å². The normalized spacial score (nSPS) is 9.50. The van der Waals surface area contributed by atoms with Gasteiger partial charge in [0, 0.05) is 30.7 Å².